The van der Waals surface area contributed by atoms with E-state index in [-0.39, 0.29) is 18.2 Å². The Hall–Kier alpha value is -1.50. The van der Waals surface area contributed by atoms with Crippen LogP contribution >= 0.6 is 39.3 Å². The van der Waals surface area contributed by atoms with Crippen molar-refractivity contribution in [1.29, 1.82) is 0 Å². The van der Waals surface area contributed by atoms with Crippen molar-refractivity contribution >= 4 is 62.5 Å². The summed E-state index contributed by atoms with van der Waals surface area (Å²) in [7, 11) is 0. The number of amides is 2. The lowest BCUT2D eigenvalue weighted by molar-refractivity contribution is -0.117. The highest BCUT2D eigenvalue weighted by atomic mass is 79.9. The van der Waals surface area contributed by atoms with Gasteiger partial charge < -0.3 is 10.2 Å². The number of benzene rings is 2. The number of nitrogens with one attached hydrogen (secondary N) is 1. The van der Waals surface area contributed by atoms with Crippen LogP contribution in [0.5, 0.6) is 0 Å². The van der Waals surface area contributed by atoms with Crippen LogP contribution in [0.25, 0.3) is 0 Å². The maximum Gasteiger partial charge on any atom is 0.237 e. The molecule has 0 spiro atoms. The number of anilines is 2. The standard InChI is InChI=1S/C17H14BrClN2O2S/c18-11-5-6-13(12(19)9-11)20-16(22)7-8-21-14-3-1-2-4-15(14)24-10-17(21)23/h1-6,9H,7-8,10H2,(H,20,22). The molecule has 0 bridgehead atoms. The van der Waals surface area contributed by atoms with Gasteiger partial charge in [-0.05, 0) is 30.3 Å². The van der Waals surface area contributed by atoms with Crippen molar-refractivity contribution in [2.75, 3.05) is 22.5 Å². The summed E-state index contributed by atoms with van der Waals surface area (Å²) >= 11 is 11.0. The molecule has 0 unspecified atom stereocenters. The number of hydrogen-bond donors (Lipinski definition) is 1. The summed E-state index contributed by atoms with van der Waals surface area (Å²) in [5.41, 5.74) is 1.43. The first kappa shape index (κ1) is 17.3. The summed E-state index contributed by atoms with van der Waals surface area (Å²) in [6, 6.07) is 13.0. The zero-order valence-electron chi connectivity index (χ0n) is 12.6. The number of hydrogen-bond acceptors (Lipinski definition) is 3. The van der Waals surface area contributed by atoms with E-state index in [1.165, 1.54) is 11.8 Å². The third-order valence-corrected chi connectivity index (χ3v) is 5.43. The number of para-hydroxylation sites is 1. The van der Waals surface area contributed by atoms with E-state index < -0.39 is 0 Å². The molecule has 1 heterocycles. The van der Waals surface area contributed by atoms with Gasteiger partial charge in [-0.15, -0.1) is 11.8 Å². The van der Waals surface area contributed by atoms with Crippen molar-refractivity contribution in [1.82, 2.24) is 0 Å². The van der Waals surface area contributed by atoms with Gasteiger partial charge in [0.25, 0.3) is 0 Å². The molecule has 0 fully saturated rings. The highest BCUT2D eigenvalue weighted by Crippen LogP contribution is 2.35. The zero-order chi connectivity index (χ0) is 17.1. The number of nitrogens with zero attached hydrogens (tertiary/aromatic N) is 1. The molecule has 0 atom stereocenters. The summed E-state index contributed by atoms with van der Waals surface area (Å²) in [5.74, 6) is 0.243. The molecular formula is C17H14BrClN2O2S. The average Bonchev–Trinajstić information content (AvgIpc) is 2.56. The van der Waals surface area contributed by atoms with Gasteiger partial charge in [0.1, 0.15) is 0 Å². The Kier molecular flexibility index (Phi) is 5.48. The summed E-state index contributed by atoms with van der Waals surface area (Å²) in [6.07, 6.45) is 0.205. The van der Waals surface area contributed by atoms with Gasteiger partial charge in [-0.25, -0.2) is 0 Å². The molecular weight excluding hydrogens is 412 g/mol. The Morgan fingerprint density at radius 3 is 2.88 bits per heavy atom. The van der Waals surface area contributed by atoms with Gasteiger partial charge in [-0.3, -0.25) is 9.59 Å². The van der Waals surface area contributed by atoms with E-state index in [4.69, 9.17) is 11.6 Å². The van der Waals surface area contributed by atoms with E-state index >= 15 is 0 Å². The first-order valence-corrected chi connectivity index (χ1v) is 9.47. The number of fused-ring (bicyclic) bond motifs is 1. The summed E-state index contributed by atoms with van der Waals surface area (Å²) in [6.45, 7) is 0.344. The van der Waals surface area contributed by atoms with Crippen molar-refractivity contribution in [2.24, 2.45) is 0 Å². The molecule has 4 nitrogen and oxygen atoms in total. The lowest BCUT2D eigenvalue weighted by Crippen LogP contribution is -2.37. The Balaban J connectivity index is 1.65. The predicted molar refractivity (Wildman–Crippen MR) is 102 cm³/mol. The SMILES string of the molecule is O=C(CCN1C(=O)CSc2ccccc21)Nc1ccc(Br)cc1Cl. The van der Waals surface area contributed by atoms with Gasteiger partial charge in [-0.2, -0.15) is 0 Å². The average molecular weight is 426 g/mol. The third kappa shape index (κ3) is 3.94. The topological polar surface area (TPSA) is 49.4 Å². The first-order valence-electron chi connectivity index (χ1n) is 7.31. The molecule has 0 aromatic heterocycles. The summed E-state index contributed by atoms with van der Waals surface area (Å²) in [5, 5.41) is 3.25. The van der Waals surface area contributed by atoms with E-state index in [2.05, 4.69) is 21.2 Å². The fraction of sp³-hybridized carbons (Fsp3) is 0.176. The van der Waals surface area contributed by atoms with Crippen LogP contribution < -0.4 is 10.2 Å². The van der Waals surface area contributed by atoms with E-state index in [1.54, 1.807) is 17.0 Å². The van der Waals surface area contributed by atoms with Gasteiger partial charge in [-0.1, -0.05) is 39.7 Å². The zero-order valence-corrected chi connectivity index (χ0v) is 15.7. The Morgan fingerprint density at radius 1 is 1.29 bits per heavy atom. The first-order chi connectivity index (χ1) is 11.5. The van der Waals surface area contributed by atoms with Crippen molar-refractivity contribution < 1.29 is 9.59 Å². The highest BCUT2D eigenvalue weighted by molar-refractivity contribution is 9.10. The predicted octanol–water partition coefficient (Wildman–Crippen LogP) is 4.57. The van der Waals surface area contributed by atoms with Gasteiger partial charge in [0.15, 0.2) is 0 Å². The molecule has 0 radical (unpaired) electrons. The molecule has 24 heavy (non-hydrogen) atoms. The minimum atomic E-state index is -0.178. The quantitative estimate of drug-likeness (QED) is 0.780. The van der Waals surface area contributed by atoms with Gasteiger partial charge in [0.05, 0.1) is 22.2 Å². The summed E-state index contributed by atoms with van der Waals surface area (Å²) in [4.78, 5) is 27.1. The van der Waals surface area contributed by atoms with Gasteiger partial charge in [0, 0.05) is 22.3 Å². The highest BCUT2D eigenvalue weighted by Gasteiger charge is 2.24. The number of rotatable bonds is 4. The molecule has 0 saturated carbocycles. The number of thioether (sulfide) groups is 1. The number of halogens is 2. The minimum Gasteiger partial charge on any atom is -0.325 e. The second kappa shape index (κ2) is 7.59. The number of carbonyl (C=O) groups excluding carboxylic acids is 2. The van der Waals surface area contributed by atoms with Gasteiger partial charge >= 0.3 is 0 Å². The maximum absolute atomic E-state index is 12.2. The monoisotopic (exact) mass is 424 g/mol. The smallest absolute Gasteiger partial charge is 0.237 e. The fourth-order valence-corrected chi connectivity index (χ4v) is 4.07. The molecule has 0 saturated heterocycles. The Labute approximate surface area is 157 Å². The second-order valence-electron chi connectivity index (χ2n) is 5.22. The van der Waals surface area contributed by atoms with Crippen molar-refractivity contribution in [3.8, 4) is 0 Å². The largest absolute Gasteiger partial charge is 0.325 e. The lowest BCUT2D eigenvalue weighted by Gasteiger charge is -2.28. The molecule has 1 aliphatic heterocycles. The Bertz CT molecular complexity index is 800. The normalized spacial score (nSPS) is 13.6. The summed E-state index contributed by atoms with van der Waals surface area (Å²) < 4.78 is 0.846. The third-order valence-electron chi connectivity index (χ3n) is 3.58. The van der Waals surface area contributed by atoms with Crippen LogP contribution in [0.15, 0.2) is 51.8 Å². The molecule has 2 amide bonds. The maximum atomic E-state index is 12.2. The van der Waals surface area contributed by atoms with Crippen LogP contribution in [0.1, 0.15) is 6.42 Å². The van der Waals surface area contributed by atoms with Crippen LogP contribution in [-0.4, -0.2) is 24.1 Å². The molecule has 3 rings (SSSR count). The molecule has 124 valence electrons. The van der Waals surface area contributed by atoms with Gasteiger partial charge in [0.2, 0.25) is 11.8 Å². The van der Waals surface area contributed by atoms with Crippen LogP contribution in [0.4, 0.5) is 11.4 Å². The van der Waals surface area contributed by atoms with Crippen LogP contribution in [0.2, 0.25) is 5.02 Å². The van der Waals surface area contributed by atoms with Crippen LogP contribution in [-0.2, 0) is 9.59 Å². The molecule has 1 N–H and O–H groups in total. The van der Waals surface area contributed by atoms with E-state index in [9.17, 15) is 9.59 Å². The van der Waals surface area contributed by atoms with E-state index in [1.807, 2.05) is 30.3 Å². The Morgan fingerprint density at radius 2 is 2.08 bits per heavy atom. The molecule has 1 aliphatic rings. The van der Waals surface area contributed by atoms with Crippen molar-refractivity contribution in [3.05, 3.63) is 52.0 Å². The second-order valence-corrected chi connectivity index (χ2v) is 7.56. The van der Waals surface area contributed by atoms with Crippen LogP contribution in [0.3, 0.4) is 0 Å². The van der Waals surface area contributed by atoms with E-state index in [0.29, 0.717) is 23.0 Å². The van der Waals surface area contributed by atoms with Crippen molar-refractivity contribution in [2.45, 2.75) is 11.3 Å². The van der Waals surface area contributed by atoms with E-state index in [0.717, 1.165) is 15.1 Å². The van der Waals surface area contributed by atoms with Crippen molar-refractivity contribution in [3.63, 3.8) is 0 Å². The lowest BCUT2D eigenvalue weighted by atomic mass is 10.2. The van der Waals surface area contributed by atoms with Crippen LogP contribution in [0, 0.1) is 0 Å². The molecule has 2 aromatic carbocycles. The molecule has 0 aliphatic carbocycles. The fourth-order valence-electron chi connectivity index (χ4n) is 2.42. The molecule has 2 aromatic rings. The number of carbonyl (C=O) groups is 2. The molecule has 7 heteroatoms. The minimum absolute atomic E-state index is 0.0215.